The molecule has 0 unspecified atom stereocenters. The maximum atomic E-state index is 12.6. The van der Waals surface area contributed by atoms with Gasteiger partial charge in [-0.3, -0.25) is 4.79 Å². The highest BCUT2D eigenvalue weighted by Crippen LogP contribution is 2.34. The summed E-state index contributed by atoms with van der Waals surface area (Å²) in [7, 11) is 1.85. The van der Waals surface area contributed by atoms with Crippen molar-refractivity contribution in [3.05, 3.63) is 84.4 Å². The fourth-order valence-electron chi connectivity index (χ4n) is 4.08. The van der Waals surface area contributed by atoms with E-state index in [4.69, 9.17) is 4.98 Å². The summed E-state index contributed by atoms with van der Waals surface area (Å²) >= 11 is 0. The van der Waals surface area contributed by atoms with Crippen LogP contribution in [0.3, 0.4) is 0 Å². The lowest BCUT2D eigenvalue weighted by atomic mass is 10.1. The summed E-state index contributed by atoms with van der Waals surface area (Å²) < 4.78 is 0. The minimum absolute atomic E-state index is 0.0490. The van der Waals surface area contributed by atoms with Gasteiger partial charge in [0.05, 0.1) is 22.2 Å². The molecule has 31 heavy (non-hydrogen) atoms. The second-order valence-corrected chi connectivity index (χ2v) is 7.77. The van der Waals surface area contributed by atoms with Gasteiger partial charge in [0.2, 0.25) is 0 Å². The molecule has 5 nitrogen and oxygen atoms in total. The van der Waals surface area contributed by atoms with E-state index in [0.29, 0.717) is 6.54 Å². The molecular formula is C26H24N4O. The Morgan fingerprint density at radius 1 is 0.935 bits per heavy atom. The zero-order valence-corrected chi connectivity index (χ0v) is 17.4. The molecule has 3 aromatic carbocycles. The number of nitrogens with one attached hydrogen (secondary N) is 2. The average molecular weight is 409 g/mol. The number of hydrogen-bond donors (Lipinski definition) is 2. The largest absolute Gasteiger partial charge is 0.383 e. The predicted molar refractivity (Wildman–Crippen MR) is 128 cm³/mol. The number of rotatable bonds is 6. The summed E-state index contributed by atoms with van der Waals surface area (Å²) in [5.74, 6) is 0.0490. The predicted octanol–water partition coefficient (Wildman–Crippen LogP) is 5.44. The first-order valence-electron chi connectivity index (χ1n) is 10.6. The van der Waals surface area contributed by atoms with Gasteiger partial charge >= 0.3 is 0 Å². The number of aromatic nitrogens is 2. The third kappa shape index (κ3) is 3.59. The topological polar surface area (TPSA) is 61.0 Å². The first kappa shape index (κ1) is 19.1. The number of para-hydroxylation sites is 2. The summed E-state index contributed by atoms with van der Waals surface area (Å²) in [4.78, 5) is 22.8. The normalized spacial score (nSPS) is 11.3. The molecule has 0 saturated heterocycles. The molecule has 5 rings (SSSR count). The summed E-state index contributed by atoms with van der Waals surface area (Å²) in [6.07, 6.45) is 0.841. The van der Waals surface area contributed by atoms with Gasteiger partial charge in [0.15, 0.2) is 0 Å². The summed E-state index contributed by atoms with van der Waals surface area (Å²) in [6.45, 7) is 1.43. The molecule has 154 valence electrons. The number of anilines is 1. The van der Waals surface area contributed by atoms with Crippen LogP contribution in [0.15, 0.2) is 78.9 Å². The smallest absolute Gasteiger partial charge is 0.253 e. The van der Waals surface area contributed by atoms with Crippen molar-refractivity contribution in [2.75, 3.05) is 25.5 Å². The van der Waals surface area contributed by atoms with E-state index in [2.05, 4.69) is 28.5 Å². The molecule has 2 aromatic heterocycles. The number of hydrogen-bond acceptors (Lipinski definition) is 3. The molecule has 0 atom stereocenters. The molecule has 0 bridgehead atoms. The van der Waals surface area contributed by atoms with Gasteiger partial charge in [-0.15, -0.1) is 0 Å². The number of amides is 1. The molecular weight excluding hydrogens is 384 g/mol. The van der Waals surface area contributed by atoms with Gasteiger partial charge in [-0.25, -0.2) is 4.98 Å². The highest BCUT2D eigenvalue weighted by atomic mass is 16.2. The number of pyridine rings is 1. The molecule has 0 fully saturated rings. The molecule has 0 aliphatic carbocycles. The van der Waals surface area contributed by atoms with E-state index in [1.54, 1.807) is 4.90 Å². The molecule has 2 N–H and O–H groups in total. The highest BCUT2D eigenvalue weighted by molar-refractivity contribution is 6.15. The molecule has 0 aliphatic rings. The fraction of sp³-hybridized carbons (Fsp3) is 0.154. The summed E-state index contributed by atoms with van der Waals surface area (Å²) in [6, 6.07) is 25.9. The number of H-pyrrole nitrogens is 1. The molecule has 0 radical (unpaired) electrons. The van der Waals surface area contributed by atoms with E-state index in [-0.39, 0.29) is 5.91 Å². The average Bonchev–Trinajstić information content (AvgIpc) is 3.19. The molecule has 1 amide bonds. The maximum absolute atomic E-state index is 12.6. The Labute approximate surface area is 180 Å². The van der Waals surface area contributed by atoms with Gasteiger partial charge in [-0.1, -0.05) is 54.6 Å². The zero-order chi connectivity index (χ0) is 21.2. The lowest BCUT2D eigenvalue weighted by Crippen LogP contribution is -2.28. The van der Waals surface area contributed by atoms with Gasteiger partial charge in [0, 0.05) is 42.0 Å². The minimum Gasteiger partial charge on any atom is -0.383 e. The van der Waals surface area contributed by atoms with Crippen molar-refractivity contribution in [3.63, 3.8) is 0 Å². The van der Waals surface area contributed by atoms with Crippen LogP contribution in [0.4, 0.5) is 5.69 Å². The van der Waals surface area contributed by atoms with Gasteiger partial charge in [0.25, 0.3) is 5.91 Å². The van der Waals surface area contributed by atoms with Crippen LogP contribution >= 0.6 is 0 Å². The van der Waals surface area contributed by atoms with Crippen LogP contribution in [0.5, 0.6) is 0 Å². The molecule has 2 heterocycles. The number of fused-ring (bicyclic) bond motifs is 4. The van der Waals surface area contributed by atoms with Crippen LogP contribution in [0.25, 0.3) is 32.8 Å². The lowest BCUT2D eigenvalue weighted by molar-refractivity contribution is 0.0794. The molecule has 0 spiro atoms. The standard InChI is InChI=1S/C26H24N4O/c1-30(26(31)18-10-3-2-4-11-18)17-9-16-27-23-19-12-5-7-14-21(19)28-24-20-13-6-8-15-22(20)29-25(23)24/h2-8,10-15,29H,9,16-17H2,1H3,(H,27,28). The summed E-state index contributed by atoms with van der Waals surface area (Å²) in [5.41, 5.74) is 5.84. The van der Waals surface area contributed by atoms with Crippen LogP contribution in [0.1, 0.15) is 16.8 Å². The number of aromatic amines is 1. The van der Waals surface area contributed by atoms with Crippen molar-refractivity contribution in [3.8, 4) is 0 Å². The number of carbonyl (C=O) groups excluding carboxylic acids is 1. The van der Waals surface area contributed by atoms with Crippen molar-refractivity contribution in [1.82, 2.24) is 14.9 Å². The minimum atomic E-state index is 0.0490. The molecule has 5 heteroatoms. The summed E-state index contributed by atoms with van der Waals surface area (Å²) in [5, 5.41) is 5.83. The Bertz CT molecular complexity index is 1370. The van der Waals surface area contributed by atoms with Crippen molar-refractivity contribution in [2.24, 2.45) is 0 Å². The van der Waals surface area contributed by atoms with Gasteiger partial charge in [-0.2, -0.15) is 0 Å². The van der Waals surface area contributed by atoms with E-state index in [0.717, 1.165) is 57.1 Å². The van der Waals surface area contributed by atoms with Crippen LogP contribution in [0, 0.1) is 0 Å². The molecule has 5 aromatic rings. The Hall–Kier alpha value is -3.86. The van der Waals surface area contributed by atoms with Gasteiger partial charge < -0.3 is 15.2 Å². The van der Waals surface area contributed by atoms with Crippen molar-refractivity contribution < 1.29 is 4.79 Å². The van der Waals surface area contributed by atoms with E-state index in [1.165, 1.54) is 0 Å². The monoisotopic (exact) mass is 408 g/mol. The second kappa shape index (κ2) is 8.11. The van der Waals surface area contributed by atoms with Crippen molar-refractivity contribution in [1.29, 1.82) is 0 Å². The second-order valence-electron chi connectivity index (χ2n) is 7.77. The zero-order valence-electron chi connectivity index (χ0n) is 17.4. The third-order valence-electron chi connectivity index (χ3n) is 5.67. The number of benzene rings is 3. The van der Waals surface area contributed by atoms with Crippen LogP contribution in [-0.2, 0) is 0 Å². The number of nitrogens with zero attached hydrogens (tertiary/aromatic N) is 2. The Kier molecular flexibility index (Phi) is 5.00. The van der Waals surface area contributed by atoms with E-state index >= 15 is 0 Å². The van der Waals surface area contributed by atoms with E-state index in [1.807, 2.05) is 67.7 Å². The van der Waals surface area contributed by atoms with Crippen molar-refractivity contribution in [2.45, 2.75) is 6.42 Å². The van der Waals surface area contributed by atoms with Crippen LogP contribution in [-0.4, -0.2) is 40.9 Å². The van der Waals surface area contributed by atoms with Gasteiger partial charge in [0.1, 0.15) is 0 Å². The highest BCUT2D eigenvalue weighted by Gasteiger charge is 2.14. The first-order valence-corrected chi connectivity index (χ1v) is 10.6. The molecule has 0 saturated carbocycles. The molecule has 0 aliphatic heterocycles. The maximum Gasteiger partial charge on any atom is 0.253 e. The van der Waals surface area contributed by atoms with Gasteiger partial charge in [-0.05, 0) is 30.7 Å². The van der Waals surface area contributed by atoms with Crippen LogP contribution in [0.2, 0.25) is 0 Å². The fourth-order valence-corrected chi connectivity index (χ4v) is 4.08. The van der Waals surface area contributed by atoms with E-state index in [9.17, 15) is 4.79 Å². The SMILES string of the molecule is CN(CCCNc1c2ccccc2nc2c1[nH]c1ccccc12)C(=O)c1ccccc1. The van der Waals surface area contributed by atoms with E-state index < -0.39 is 0 Å². The lowest BCUT2D eigenvalue weighted by Gasteiger charge is -2.18. The Morgan fingerprint density at radius 2 is 1.65 bits per heavy atom. The number of carbonyl (C=O) groups is 1. The third-order valence-corrected chi connectivity index (χ3v) is 5.67. The Morgan fingerprint density at radius 3 is 2.48 bits per heavy atom. The Balaban J connectivity index is 1.38. The first-order chi connectivity index (χ1) is 15.2. The van der Waals surface area contributed by atoms with Crippen LogP contribution < -0.4 is 5.32 Å². The quantitative estimate of drug-likeness (QED) is 0.368. The van der Waals surface area contributed by atoms with Crippen molar-refractivity contribution >= 4 is 44.4 Å².